The smallest absolute Gasteiger partial charge is 0.308 e. The first-order chi connectivity index (χ1) is 15.8. The molecule has 168 valence electrons. The highest BCUT2D eigenvalue weighted by atomic mass is 16.6. The SMILES string of the molecule is COc1cc([C@@H]2Nc3ccc4ccccc4c3C3=C2C(=O)CC(C)(C)C3)ccc1OC(C)=O. The maximum Gasteiger partial charge on any atom is 0.308 e. The summed E-state index contributed by atoms with van der Waals surface area (Å²) >= 11 is 0. The van der Waals surface area contributed by atoms with Crippen molar-refractivity contribution >= 4 is 33.8 Å². The van der Waals surface area contributed by atoms with Gasteiger partial charge in [0.1, 0.15) is 0 Å². The third kappa shape index (κ3) is 3.67. The van der Waals surface area contributed by atoms with E-state index in [0.29, 0.717) is 17.9 Å². The first-order valence-corrected chi connectivity index (χ1v) is 11.2. The summed E-state index contributed by atoms with van der Waals surface area (Å²) in [7, 11) is 1.54. The molecule has 0 saturated carbocycles. The predicted molar refractivity (Wildman–Crippen MR) is 130 cm³/mol. The van der Waals surface area contributed by atoms with Crippen LogP contribution in [-0.2, 0) is 9.59 Å². The molecule has 1 N–H and O–H groups in total. The van der Waals surface area contributed by atoms with E-state index in [-0.39, 0.29) is 17.2 Å². The van der Waals surface area contributed by atoms with Gasteiger partial charge >= 0.3 is 5.97 Å². The monoisotopic (exact) mass is 441 g/mol. The molecule has 1 heterocycles. The van der Waals surface area contributed by atoms with Crippen molar-refractivity contribution in [3.05, 3.63) is 71.3 Å². The van der Waals surface area contributed by atoms with Gasteiger partial charge in [0.2, 0.25) is 0 Å². The van der Waals surface area contributed by atoms with Crippen LogP contribution in [0.3, 0.4) is 0 Å². The van der Waals surface area contributed by atoms with Gasteiger partial charge in [0.05, 0.1) is 13.2 Å². The van der Waals surface area contributed by atoms with Crippen LogP contribution in [0.1, 0.15) is 50.8 Å². The fraction of sp³-hybridized carbons (Fsp3) is 0.286. The maximum atomic E-state index is 13.5. The van der Waals surface area contributed by atoms with Gasteiger partial charge in [-0.1, -0.05) is 50.2 Å². The number of ether oxygens (including phenoxy) is 2. The van der Waals surface area contributed by atoms with E-state index in [1.807, 2.05) is 24.3 Å². The zero-order valence-electron chi connectivity index (χ0n) is 19.3. The summed E-state index contributed by atoms with van der Waals surface area (Å²) in [6.07, 6.45) is 1.34. The number of hydrogen-bond donors (Lipinski definition) is 1. The highest BCUT2D eigenvalue weighted by molar-refractivity contribution is 6.12. The number of Topliss-reactive ketones (excluding diaryl/α,β-unsaturated/α-hetero) is 1. The minimum absolute atomic E-state index is 0.108. The van der Waals surface area contributed by atoms with E-state index in [1.54, 1.807) is 13.2 Å². The number of carbonyl (C=O) groups excluding carboxylic acids is 2. The van der Waals surface area contributed by atoms with Crippen molar-refractivity contribution in [2.45, 2.75) is 39.7 Å². The summed E-state index contributed by atoms with van der Waals surface area (Å²) < 4.78 is 10.8. The number of hydrogen-bond acceptors (Lipinski definition) is 5. The van der Waals surface area contributed by atoms with Gasteiger partial charge in [-0.3, -0.25) is 9.59 Å². The minimum Gasteiger partial charge on any atom is -0.493 e. The topological polar surface area (TPSA) is 64.6 Å². The lowest BCUT2D eigenvalue weighted by atomic mass is 9.68. The highest BCUT2D eigenvalue weighted by Gasteiger charge is 2.41. The van der Waals surface area contributed by atoms with Gasteiger partial charge in [-0.15, -0.1) is 0 Å². The molecule has 2 aliphatic rings. The quantitative estimate of drug-likeness (QED) is 0.394. The molecule has 3 aromatic rings. The van der Waals surface area contributed by atoms with Crippen molar-refractivity contribution in [2.75, 3.05) is 12.4 Å². The first kappa shape index (κ1) is 21.3. The minimum atomic E-state index is -0.410. The molecule has 0 saturated heterocycles. The average molecular weight is 442 g/mol. The van der Waals surface area contributed by atoms with Crippen molar-refractivity contribution in [2.24, 2.45) is 5.41 Å². The van der Waals surface area contributed by atoms with E-state index in [9.17, 15) is 9.59 Å². The molecule has 0 unspecified atom stereocenters. The summed E-state index contributed by atoms with van der Waals surface area (Å²) in [6.45, 7) is 5.68. The van der Waals surface area contributed by atoms with Gasteiger partial charge in [0.25, 0.3) is 0 Å². The second-order valence-corrected chi connectivity index (χ2v) is 9.62. The van der Waals surface area contributed by atoms with Gasteiger partial charge in [0.15, 0.2) is 17.3 Å². The zero-order chi connectivity index (χ0) is 23.3. The molecule has 5 rings (SSSR count). The fourth-order valence-electron chi connectivity index (χ4n) is 5.19. The highest BCUT2D eigenvalue weighted by Crippen LogP contribution is 2.52. The second kappa shape index (κ2) is 7.77. The van der Waals surface area contributed by atoms with Gasteiger partial charge in [0, 0.05) is 30.2 Å². The van der Waals surface area contributed by atoms with Crippen LogP contribution in [-0.4, -0.2) is 18.9 Å². The van der Waals surface area contributed by atoms with Crippen LogP contribution in [0.4, 0.5) is 5.69 Å². The Morgan fingerprint density at radius 3 is 2.58 bits per heavy atom. The van der Waals surface area contributed by atoms with E-state index < -0.39 is 5.97 Å². The third-order valence-electron chi connectivity index (χ3n) is 6.51. The summed E-state index contributed by atoms with van der Waals surface area (Å²) in [5, 5.41) is 5.95. The molecule has 0 fully saturated rings. The first-order valence-electron chi connectivity index (χ1n) is 11.2. The van der Waals surface area contributed by atoms with E-state index in [1.165, 1.54) is 6.92 Å². The molecule has 1 atom stereocenters. The Balaban J connectivity index is 1.71. The number of benzene rings is 3. The van der Waals surface area contributed by atoms with Crippen LogP contribution in [0.25, 0.3) is 16.3 Å². The third-order valence-corrected chi connectivity index (χ3v) is 6.51. The van der Waals surface area contributed by atoms with Gasteiger partial charge in [-0.05, 0) is 51.9 Å². The Kier molecular flexibility index (Phi) is 5.00. The average Bonchev–Trinajstić information content (AvgIpc) is 2.77. The molecule has 1 aliphatic heterocycles. The number of methoxy groups -OCH3 is 1. The number of allylic oxidation sites excluding steroid dienone is 1. The zero-order valence-corrected chi connectivity index (χ0v) is 19.3. The maximum absolute atomic E-state index is 13.5. The second-order valence-electron chi connectivity index (χ2n) is 9.62. The van der Waals surface area contributed by atoms with Crippen LogP contribution in [0.5, 0.6) is 11.5 Å². The molecule has 0 amide bonds. The van der Waals surface area contributed by atoms with Crippen LogP contribution in [0.2, 0.25) is 0 Å². The van der Waals surface area contributed by atoms with E-state index >= 15 is 0 Å². The molecule has 3 aromatic carbocycles. The number of nitrogens with one attached hydrogen (secondary N) is 1. The van der Waals surface area contributed by atoms with Crippen LogP contribution >= 0.6 is 0 Å². The van der Waals surface area contributed by atoms with Crippen LogP contribution in [0, 0.1) is 5.41 Å². The number of esters is 1. The number of fused-ring (bicyclic) bond motifs is 4. The Morgan fingerprint density at radius 2 is 1.82 bits per heavy atom. The predicted octanol–water partition coefficient (Wildman–Crippen LogP) is 6.08. The molecular weight excluding hydrogens is 414 g/mol. The summed E-state index contributed by atoms with van der Waals surface area (Å²) in [6, 6.07) is 17.7. The molecule has 0 spiro atoms. The lowest BCUT2D eigenvalue weighted by Gasteiger charge is -2.40. The van der Waals surface area contributed by atoms with E-state index in [0.717, 1.165) is 45.2 Å². The molecular formula is C28H27NO4. The molecule has 0 aromatic heterocycles. The largest absolute Gasteiger partial charge is 0.493 e. The molecule has 0 bridgehead atoms. The normalized spacial score (nSPS) is 18.9. The number of carbonyl (C=O) groups is 2. The molecule has 0 radical (unpaired) electrons. The Labute approximate surface area is 193 Å². The number of anilines is 1. The van der Waals surface area contributed by atoms with Crippen LogP contribution < -0.4 is 14.8 Å². The Hall–Kier alpha value is -3.60. The molecule has 33 heavy (non-hydrogen) atoms. The van der Waals surface area contributed by atoms with Crippen LogP contribution in [0.15, 0.2) is 60.2 Å². The number of rotatable bonds is 3. The van der Waals surface area contributed by atoms with Crippen molar-refractivity contribution < 1.29 is 19.1 Å². The van der Waals surface area contributed by atoms with Gasteiger partial charge in [-0.25, -0.2) is 0 Å². The Morgan fingerprint density at radius 1 is 1.03 bits per heavy atom. The molecule has 5 heteroatoms. The van der Waals surface area contributed by atoms with Crippen molar-refractivity contribution in [3.8, 4) is 11.5 Å². The molecule has 5 nitrogen and oxygen atoms in total. The lowest BCUT2D eigenvalue weighted by Crippen LogP contribution is -2.33. The van der Waals surface area contributed by atoms with Gasteiger partial charge in [-0.2, -0.15) is 0 Å². The van der Waals surface area contributed by atoms with Gasteiger partial charge < -0.3 is 14.8 Å². The molecule has 1 aliphatic carbocycles. The fourth-order valence-corrected chi connectivity index (χ4v) is 5.19. The van der Waals surface area contributed by atoms with E-state index in [2.05, 4.69) is 43.4 Å². The lowest BCUT2D eigenvalue weighted by molar-refractivity contribution is -0.132. The standard InChI is InChI=1S/C28H27NO4/c1-16(30)33-23-12-10-18(13-24(23)32-4)27-26-20(14-28(2,3)15-22(26)31)25-19-8-6-5-7-17(19)9-11-21(25)29-27/h5-13,27,29H,14-15H2,1-4H3/t27-/m0/s1. The summed E-state index contributed by atoms with van der Waals surface area (Å²) in [4.78, 5) is 25.0. The van der Waals surface area contributed by atoms with Crippen molar-refractivity contribution in [1.82, 2.24) is 0 Å². The Bertz CT molecular complexity index is 1330. The summed E-state index contributed by atoms with van der Waals surface area (Å²) in [5.74, 6) is 0.577. The van der Waals surface area contributed by atoms with Crippen molar-refractivity contribution in [1.29, 1.82) is 0 Å². The van der Waals surface area contributed by atoms with E-state index in [4.69, 9.17) is 9.47 Å². The number of ketones is 1. The van der Waals surface area contributed by atoms with Crippen molar-refractivity contribution in [3.63, 3.8) is 0 Å². The summed E-state index contributed by atoms with van der Waals surface area (Å²) in [5.41, 5.74) is 4.87.